The molecule has 2 aromatic heterocycles. The molecule has 0 atom stereocenters. The van der Waals surface area contributed by atoms with Crippen molar-refractivity contribution in [1.82, 2.24) is 14.6 Å². The van der Waals surface area contributed by atoms with Crippen LogP contribution in [0.2, 0.25) is 0 Å². The lowest BCUT2D eigenvalue weighted by atomic mass is 10.0. The van der Waals surface area contributed by atoms with E-state index in [0.717, 1.165) is 5.69 Å². The van der Waals surface area contributed by atoms with E-state index < -0.39 is 11.8 Å². The van der Waals surface area contributed by atoms with Gasteiger partial charge in [-0.05, 0) is 36.1 Å². The highest BCUT2D eigenvalue weighted by atomic mass is 19.1. The van der Waals surface area contributed by atoms with Crippen molar-refractivity contribution in [3.05, 3.63) is 65.2 Å². The zero-order valence-electron chi connectivity index (χ0n) is 15.2. The minimum Gasteiger partial charge on any atom is -0.478 e. The number of carboxylic acids is 1. The number of Topliss-reactive ketones (excluding diaryl/α,β-unsaturated/α-hetero) is 1. The summed E-state index contributed by atoms with van der Waals surface area (Å²) >= 11 is 0. The minimum absolute atomic E-state index is 0.0135. The monoisotopic (exact) mass is 377 g/mol. The quantitative estimate of drug-likeness (QED) is 0.540. The first kappa shape index (κ1) is 17.8. The topological polar surface area (TPSA) is 84.6 Å². The lowest BCUT2D eigenvalue weighted by Crippen LogP contribution is -2.05. The largest absolute Gasteiger partial charge is 0.478 e. The summed E-state index contributed by atoms with van der Waals surface area (Å²) in [7, 11) is 0. The Balaban J connectivity index is 1.94. The maximum Gasteiger partial charge on any atom is 0.335 e. The molecule has 0 aliphatic heterocycles. The number of aromatic carboxylic acids is 1. The normalized spacial score (nSPS) is 11.2. The van der Waals surface area contributed by atoms with Gasteiger partial charge in [0.2, 0.25) is 0 Å². The molecule has 0 amide bonds. The zero-order valence-corrected chi connectivity index (χ0v) is 15.2. The maximum absolute atomic E-state index is 15.2. The van der Waals surface area contributed by atoms with E-state index in [2.05, 4.69) is 10.1 Å². The molecule has 1 N–H and O–H groups in total. The molecule has 140 valence electrons. The van der Waals surface area contributed by atoms with Gasteiger partial charge in [0.15, 0.2) is 11.4 Å². The van der Waals surface area contributed by atoms with Crippen LogP contribution in [-0.4, -0.2) is 31.5 Å². The Morgan fingerprint density at radius 3 is 2.57 bits per heavy atom. The van der Waals surface area contributed by atoms with Crippen LogP contribution in [0.1, 0.15) is 40.4 Å². The molecule has 7 heteroatoms. The van der Waals surface area contributed by atoms with Crippen LogP contribution in [0, 0.1) is 5.82 Å². The number of rotatable bonds is 4. The van der Waals surface area contributed by atoms with Crippen LogP contribution in [0.25, 0.3) is 27.7 Å². The second kappa shape index (κ2) is 6.53. The summed E-state index contributed by atoms with van der Waals surface area (Å²) in [6.45, 7) is 3.38. The number of carbonyl (C=O) groups is 2. The van der Waals surface area contributed by atoms with E-state index in [-0.39, 0.29) is 22.3 Å². The van der Waals surface area contributed by atoms with Crippen molar-refractivity contribution in [3.8, 4) is 11.3 Å². The molecule has 0 aliphatic rings. The predicted molar refractivity (Wildman–Crippen MR) is 102 cm³/mol. The molecule has 28 heavy (non-hydrogen) atoms. The molecule has 0 fully saturated rings. The Morgan fingerprint density at radius 1 is 1.14 bits per heavy atom. The van der Waals surface area contributed by atoms with Gasteiger partial charge in [-0.3, -0.25) is 4.79 Å². The average Bonchev–Trinajstić information content (AvgIpc) is 3.11. The second-order valence-electron chi connectivity index (χ2n) is 6.51. The summed E-state index contributed by atoms with van der Waals surface area (Å²) in [5.74, 6) is -1.82. The Labute approximate surface area is 159 Å². The van der Waals surface area contributed by atoms with Crippen LogP contribution in [0.4, 0.5) is 4.39 Å². The third-order valence-electron chi connectivity index (χ3n) is 4.70. The van der Waals surface area contributed by atoms with Crippen LogP contribution < -0.4 is 0 Å². The number of fused-ring (bicyclic) bond motifs is 2. The molecular weight excluding hydrogens is 361 g/mol. The first-order chi connectivity index (χ1) is 13.4. The van der Waals surface area contributed by atoms with Gasteiger partial charge in [0.1, 0.15) is 11.5 Å². The van der Waals surface area contributed by atoms with Gasteiger partial charge in [-0.2, -0.15) is 5.10 Å². The molecule has 0 radical (unpaired) electrons. The number of benzene rings is 2. The summed E-state index contributed by atoms with van der Waals surface area (Å²) < 4.78 is 16.8. The first-order valence-electron chi connectivity index (χ1n) is 8.75. The SMILES string of the molecule is CCc1cc(C(C)=O)nc2cc(-c3ccc4ccc(C(=O)O)cc4c3F)nn12. The van der Waals surface area contributed by atoms with Gasteiger partial charge in [0, 0.05) is 29.6 Å². The summed E-state index contributed by atoms with van der Waals surface area (Å²) in [5, 5.41) is 14.4. The molecule has 2 aromatic carbocycles. The number of aryl methyl sites for hydroxylation is 1. The lowest BCUT2D eigenvalue weighted by molar-refractivity contribution is 0.0697. The van der Waals surface area contributed by atoms with E-state index in [1.807, 2.05) is 6.92 Å². The minimum atomic E-state index is -1.12. The number of ketones is 1. The average molecular weight is 377 g/mol. The summed E-state index contributed by atoms with van der Waals surface area (Å²) in [6, 6.07) is 11.0. The van der Waals surface area contributed by atoms with Crippen molar-refractivity contribution in [2.75, 3.05) is 0 Å². The van der Waals surface area contributed by atoms with Crippen LogP contribution in [0.5, 0.6) is 0 Å². The summed E-state index contributed by atoms with van der Waals surface area (Å²) in [4.78, 5) is 27.2. The fourth-order valence-electron chi connectivity index (χ4n) is 3.21. The highest BCUT2D eigenvalue weighted by Crippen LogP contribution is 2.30. The summed E-state index contributed by atoms with van der Waals surface area (Å²) in [6.07, 6.45) is 0.628. The number of hydrogen-bond acceptors (Lipinski definition) is 4. The molecule has 0 bridgehead atoms. The Hall–Kier alpha value is -3.61. The van der Waals surface area contributed by atoms with Gasteiger partial charge >= 0.3 is 5.97 Å². The van der Waals surface area contributed by atoms with Gasteiger partial charge < -0.3 is 5.11 Å². The highest BCUT2D eigenvalue weighted by Gasteiger charge is 2.17. The molecular formula is C21H16FN3O3. The summed E-state index contributed by atoms with van der Waals surface area (Å²) in [5.41, 5.74) is 2.20. The van der Waals surface area contributed by atoms with Crippen LogP contribution >= 0.6 is 0 Å². The van der Waals surface area contributed by atoms with Crippen LogP contribution in [-0.2, 0) is 6.42 Å². The van der Waals surface area contributed by atoms with Gasteiger partial charge in [0.25, 0.3) is 0 Å². The van der Waals surface area contributed by atoms with Crippen molar-refractivity contribution in [1.29, 1.82) is 0 Å². The van der Waals surface area contributed by atoms with Crippen LogP contribution in [0.3, 0.4) is 0 Å². The van der Waals surface area contributed by atoms with E-state index in [4.69, 9.17) is 0 Å². The van der Waals surface area contributed by atoms with Crippen molar-refractivity contribution >= 4 is 28.2 Å². The van der Waals surface area contributed by atoms with Crippen molar-refractivity contribution in [3.63, 3.8) is 0 Å². The van der Waals surface area contributed by atoms with E-state index in [0.29, 0.717) is 28.8 Å². The third-order valence-corrected chi connectivity index (χ3v) is 4.70. The van der Waals surface area contributed by atoms with E-state index in [9.17, 15) is 14.7 Å². The standard InChI is InChI=1S/C21H16FN3O3/c1-3-14-9-17(11(2)26)23-19-10-18(24-25(14)19)15-7-6-12-4-5-13(21(27)28)8-16(12)20(15)22/h4-10H,3H2,1-2H3,(H,27,28). The Kier molecular flexibility index (Phi) is 4.15. The number of carboxylic acid groups (broad SMARTS) is 1. The smallest absolute Gasteiger partial charge is 0.335 e. The molecule has 0 aliphatic carbocycles. The van der Waals surface area contributed by atoms with Crippen molar-refractivity contribution in [2.45, 2.75) is 20.3 Å². The number of hydrogen-bond donors (Lipinski definition) is 1. The number of carbonyl (C=O) groups excluding carboxylic acids is 1. The fourth-order valence-corrected chi connectivity index (χ4v) is 3.21. The maximum atomic E-state index is 15.2. The Morgan fingerprint density at radius 2 is 1.89 bits per heavy atom. The molecule has 0 saturated carbocycles. The molecule has 0 unspecified atom stereocenters. The molecule has 0 saturated heterocycles. The lowest BCUT2D eigenvalue weighted by Gasteiger charge is -2.06. The number of aromatic nitrogens is 3. The highest BCUT2D eigenvalue weighted by molar-refractivity contribution is 5.96. The van der Waals surface area contributed by atoms with Gasteiger partial charge in [-0.25, -0.2) is 18.7 Å². The molecule has 0 spiro atoms. The van der Waals surface area contributed by atoms with Crippen molar-refractivity contribution in [2.24, 2.45) is 0 Å². The fraction of sp³-hybridized carbons (Fsp3) is 0.143. The Bertz CT molecular complexity index is 1280. The van der Waals surface area contributed by atoms with Gasteiger partial charge in [-0.1, -0.05) is 19.1 Å². The van der Waals surface area contributed by atoms with Crippen LogP contribution in [0.15, 0.2) is 42.5 Å². The molecule has 4 rings (SSSR count). The second-order valence-corrected chi connectivity index (χ2v) is 6.51. The van der Waals surface area contributed by atoms with E-state index in [1.165, 1.54) is 19.1 Å². The van der Waals surface area contributed by atoms with E-state index in [1.54, 1.807) is 34.8 Å². The molecule has 6 nitrogen and oxygen atoms in total. The van der Waals surface area contributed by atoms with Gasteiger partial charge in [-0.15, -0.1) is 0 Å². The van der Waals surface area contributed by atoms with E-state index >= 15 is 4.39 Å². The zero-order chi connectivity index (χ0) is 20.0. The first-order valence-corrected chi connectivity index (χ1v) is 8.75. The third kappa shape index (κ3) is 2.81. The number of nitrogens with zero attached hydrogens (tertiary/aromatic N) is 3. The molecule has 4 aromatic rings. The predicted octanol–water partition coefficient (Wildman–Crippen LogP) is 4.15. The molecule has 2 heterocycles. The van der Waals surface area contributed by atoms with Crippen molar-refractivity contribution < 1.29 is 19.1 Å². The number of halogens is 1. The van der Waals surface area contributed by atoms with Gasteiger partial charge in [0.05, 0.1) is 11.3 Å².